The van der Waals surface area contributed by atoms with Gasteiger partial charge in [0.15, 0.2) is 0 Å². The SMILES string of the molecule is C#CCC(C)Nc1ncc(N)cc1Br. The molecular formula is C10H12BrN3. The van der Waals surface area contributed by atoms with E-state index in [2.05, 4.69) is 32.2 Å². The van der Waals surface area contributed by atoms with Crippen molar-refractivity contribution in [2.24, 2.45) is 0 Å². The molecule has 0 aromatic carbocycles. The second-order valence-corrected chi connectivity index (χ2v) is 3.91. The molecule has 0 bridgehead atoms. The molecule has 0 aliphatic carbocycles. The average Bonchev–Trinajstić information content (AvgIpc) is 2.10. The van der Waals surface area contributed by atoms with E-state index in [0.29, 0.717) is 12.1 Å². The molecule has 0 aliphatic heterocycles. The number of hydrogen-bond acceptors (Lipinski definition) is 3. The molecule has 0 saturated heterocycles. The zero-order valence-corrected chi connectivity index (χ0v) is 9.51. The number of pyridine rings is 1. The van der Waals surface area contributed by atoms with Crippen molar-refractivity contribution in [2.75, 3.05) is 11.1 Å². The van der Waals surface area contributed by atoms with Gasteiger partial charge in [0.2, 0.25) is 0 Å². The highest BCUT2D eigenvalue weighted by Crippen LogP contribution is 2.22. The van der Waals surface area contributed by atoms with Crippen molar-refractivity contribution in [1.82, 2.24) is 4.98 Å². The van der Waals surface area contributed by atoms with E-state index in [1.165, 1.54) is 0 Å². The molecule has 14 heavy (non-hydrogen) atoms. The van der Waals surface area contributed by atoms with Crippen molar-refractivity contribution in [3.8, 4) is 12.3 Å². The Labute approximate surface area is 92.2 Å². The van der Waals surface area contributed by atoms with Crippen LogP contribution in [0.1, 0.15) is 13.3 Å². The van der Waals surface area contributed by atoms with Crippen LogP contribution in [0.4, 0.5) is 11.5 Å². The van der Waals surface area contributed by atoms with Gasteiger partial charge in [0.1, 0.15) is 5.82 Å². The molecular weight excluding hydrogens is 242 g/mol. The van der Waals surface area contributed by atoms with Crippen LogP contribution < -0.4 is 11.1 Å². The average molecular weight is 254 g/mol. The molecule has 4 heteroatoms. The first kappa shape index (κ1) is 10.9. The van der Waals surface area contributed by atoms with E-state index in [4.69, 9.17) is 12.2 Å². The largest absolute Gasteiger partial charge is 0.397 e. The number of nitrogen functional groups attached to an aromatic ring is 1. The van der Waals surface area contributed by atoms with Crippen LogP contribution in [-0.4, -0.2) is 11.0 Å². The first-order valence-electron chi connectivity index (χ1n) is 4.24. The van der Waals surface area contributed by atoms with E-state index >= 15 is 0 Å². The summed E-state index contributed by atoms with van der Waals surface area (Å²) in [5.41, 5.74) is 6.20. The Kier molecular flexibility index (Phi) is 3.78. The molecule has 0 spiro atoms. The van der Waals surface area contributed by atoms with Gasteiger partial charge >= 0.3 is 0 Å². The summed E-state index contributed by atoms with van der Waals surface area (Å²) in [6.07, 6.45) is 7.48. The molecule has 1 aromatic rings. The number of nitrogens with zero attached hydrogens (tertiary/aromatic N) is 1. The van der Waals surface area contributed by atoms with E-state index in [-0.39, 0.29) is 6.04 Å². The predicted octanol–water partition coefficient (Wildman–Crippen LogP) is 2.25. The van der Waals surface area contributed by atoms with Gasteiger partial charge in [0, 0.05) is 12.5 Å². The van der Waals surface area contributed by atoms with Crippen LogP contribution in [0.25, 0.3) is 0 Å². The Hall–Kier alpha value is -1.21. The number of hydrogen-bond donors (Lipinski definition) is 2. The number of nitrogens with one attached hydrogen (secondary N) is 1. The van der Waals surface area contributed by atoms with Crippen molar-refractivity contribution < 1.29 is 0 Å². The highest BCUT2D eigenvalue weighted by Gasteiger charge is 2.05. The predicted molar refractivity (Wildman–Crippen MR) is 62.9 cm³/mol. The van der Waals surface area contributed by atoms with Crippen molar-refractivity contribution in [3.05, 3.63) is 16.7 Å². The lowest BCUT2D eigenvalue weighted by molar-refractivity contribution is 0.821. The van der Waals surface area contributed by atoms with Gasteiger partial charge in [-0.15, -0.1) is 12.3 Å². The van der Waals surface area contributed by atoms with Crippen LogP contribution in [0.3, 0.4) is 0 Å². The number of halogens is 1. The summed E-state index contributed by atoms with van der Waals surface area (Å²) >= 11 is 3.37. The fourth-order valence-corrected chi connectivity index (χ4v) is 1.50. The van der Waals surface area contributed by atoms with Gasteiger partial charge in [0.25, 0.3) is 0 Å². The number of nitrogens with two attached hydrogens (primary N) is 1. The van der Waals surface area contributed by atoms with Gasteiger partial charge in [-0.3, -0.25) is 0 Å². The Balaban J connectivity index is 2.73. The summed E-state index contributed by atoms with van der Waals surface area (Å²) in [5.74, 6) is 3.35. The molecule has 1 atom stereocenters. The van der Waals surface area contributed by atoms with E-state index < -0.39 is 0 Å². The zero-order valence-electron chi connectivity index (χ0n) is 7.92. The summed E-state index contributed by atoms with van der Waals surface area (Å²) in [7, 11) is 0. The number of terminal acetylenes is 1. The van der Waals surface area contributed by atoms with E-state index in [1.807, 2.05) is 6.92 Å². The van der Waals surface area contributed by atoms with Crippen molar-refractivity contribution in [2.45, 2.75) is 19.4 Å². The third kappa shape index (κ3) is 2.93. The molecule has 3 N–H and O–H groups in total. The van der Waals surface area contributed by atoms with Gasteiger partial charge < -0.3 is 11.1 Å². The standard InChI is InChI=1S/C10H12BrN3/c1-3-4-7(2)14-10-9(11)5-8(12)6-13-10/h1,5-7H,4,12H2,2H3,(H,13,14). The maximum absolute atomic E-state index is 5.56. The molecule has 74 valence electrons. The Morgan fingerprint density at radius 1 is 1.79 bits per heavy atom. The lowest BCUT2D eigenvalue weighted by atomic mass is 10.2. The van der Waals surface area contributed by atoms with Gasteiger partial charge in [0.05, 0.1) is 16.4 Å². The van der Waals surface area contributed by atoms with Crippen LogP contribution in [-0.2, 0) is 0 Å². The van der Waals surface area contributed by atoms with Crippen molar-refractivity contribution >= 4 is 27.4 Å². The van der Waals surface area contributed by atoms with Crippen LogP contribution in [0.5, 0.6) is 0 Å². The Bertz CT molecular complexity index is 357. The second-order valence-electron chi connectivity index (χ2n) is 3.05. The first-order valence-corrected chi connectivity index (χ1v) is 5.03. The highest BCUT2D eigenvalue weighted by molar-refractivity contribution is 9.10. The minimum absolute atomic E-state index is 0.201. The van der Waals surface area contributed by atoms with Gasteiger partial charge in [-0.25, -0.2) is 4.98 Å². The zero-order chi connectivity index (χ0) is 10.6. The molecule has 0 radical (unpaired) electrons. The lowest BCUT2D eigenvalue weighted by Gasteiger charge is -2.12. The maximum atomic E-state index is 5.56. The van der Waals surface area contributed by atoms with Gasteiger partial charge in [-0.05, 0) is 28.9 Å². The summed E-state index contributed by atoms with van der Waals surface area (Å²) in [4.78, 5) is 4.15. The molecule has 1 heterocycles. The van der Waals surface area contributed by atoms with E-state index in [9.17, 15) is 0 Å². The Morgan fingerprint density at radius 3 is 3.07 bits per heavy atom. The molecule has 0 aliphatic rings. The van der Waals surface area contributed by atoms with Crippen LogP contribution in [0, 0.1) is 12.3 Å². The summed E-state index contributed by atoms with van der Waals surface area (Å²) in [6, 6.07) is 2.00. The maximum Gasteiger partial charge on any atom is 0.140 e. The summed E-state index contributed by atoms with van der Waals surface area (Å²) < 4.78 is 0.848. The minimum Gasteiger partial charge on any atom is -0.397 e. The van der Waals surface area contributed by atoms with Crippen LogP contribution in [0.15, 0.2) is 16.7 Å². The molecule has 1 aromatic heterocycles. The smallest absolute Gasteiger partial charge is 0.140 e. The highest BCUT2D eigenvalue weighted by atomic mass is 79.9. The van der Waals surface area contributed by atoms with E-state index in [0.717, 1.165) is 10.3 Å². The fraction of sp³-hybridized carbons (Fsp3) is 0.300. The molecule has 0 saturated carbocycles. The molecule has 0 fully saturated rings. The third-order valence-corrected chi connectivity index (χ3v) is 2.27. The molecule has 0 amide bonds. The lowest BCUT2D eigenvalue weighted by Crippen LogP contribution is -2.15. The molecule has 1 unspecified atom stereocenters. The van der Waals surface area contributed by atoms with Crippen LogP contribution >= 0.6 is 15.9 Å². The number of aromatic nitrogens is 1. The molecule has 3 nitrogen and oxygen atoms in total. The number of anilines is 2. The van der Waals surface area contributed by atoms with Gasteiger partial charge in [-0.1, -0.05) is 0 Å². The normalized spacial score (nSPS) is 11.8. The van der Waals surface area contributed by atoms with Gasteiger partial charge in [-0.2, -0.15) is 0 Å². The molecule has 1 rings (SSSR count). The monoisotopic (exact) mass is 253 g/mol. The summed E-state index contributed by atoms with van der Waals surface area (Å²) in [5, 5.41) is 3.18. The topological polar surface area (TPSA) is 50.9 Å². The third-order valence-electron chi connectivity index (χ3n) is 1.67. The first-order chi connectivity index (χ1) is 6.63. The quantitative estimate of drug-likeness (QED) is 0.813. The van der Waals surface area contributed by atoms with E-state index in [1.54, 1.807) is 12.3 Å². The second kappa shape index (κ2) is 4.87. The van der Waals surface area contributed by atoms with Crippen molar-refractivity contribution in [1.29, 1.82) is 0 Å². The number of rotatable bonds is 3. The van der Waals surface area contributed by atoms with Crippen LogP contribution in [0.2, 0.25) is 0 Å². The fourth-order valence-electron chi connectivity index (χ4n) is 1.02. The van der Waals surface area contributed by atoms with Crippen molar-refractivity contribution in [3.63, 3.8) is 0 Å². The Morgan fingerprint density at radius 2 is 2.50 bits per heavy atom. The summed E-state index contributed by atoms with van der Waals surface area (Å²) in [6.45, 7) is 2.00. The minimum atomic E-state index is 0.201.